The molecule has 1 N–H and O–H groups in total. The summed E-state index contributed by atoms with van der Waals surface area (Å²) < 4.78 is 5.46. The molecule has 1 aromatic rings. The highest BCUT2D eigenvalue weighted by atomic mass is 16.5. The molecule has 1 aliphatic heterocycles. The lowest BCUT2D eigenvalue weighted by molar-refractivity contribution is -0.142. The lowest BCUT2D eigenvalue weighted by Crippen LogP contribution is -2.54. The molecule has 2 atom stereocenters. The number of ether oxygens (including phenoxy) is 1. The maximum absolute atomic E-state index is 13.1. The van der Waals surface area contributed by atoms with Gasteiger partial charge in [-0.3, -0.25) is 9.69 Å². The lowest BCUT2D eigenvalue weighted by Gasteiger charge is -2.43. The Morgan fingerprint density at radius 2 is 1.85 bits per heavy atom. The number of rotatable bonds is 3. The molecule has 3 rings (SSSR count). The molecule has 6 heteroatoms. The summed E-state index contributed by atoms with van der Waals surface area (Å²) >= 11 is 0. The van der Waals surface area contributed by atoms with E-state index in [1.54, 1.807) is 0 Å². The average Bonchev–Trinajstić information content (AvgIpc) is 2.72. The van der Waals surface area contributed by atoms with Gasteiger partial charge in [-0.2, -0.15) is 0 Å². The van der Waals surface area contributed by atoms with E-state index in [-0.39, 0.29) is 17.9 Å². The van der Waals surface area contributed by atoms with Crippen LogP contribution in [0.5, 0.6) is 5.75 Å². The van der Waals surface area contributed by atoms with Crippen LogP contribution in [0.15, 0.2) is 18.2 Å². The summed E-state index contributed by atoms with van der Waals surface area (Å²) in [6.07, 6.45) is 2.19. The fourth-order valence-electron chi connectivity index (χ4n) is 4.88. The van der Waals surface area contributed by atoms with Gasteiger partial charge < -0.3 is 10.1 Å². The zero-order valence-corrected chi connectivity index (χ0v) is 16.7. The number of carbonyl (C=O) groups excluding carboxylic acids is 3. The molecule has 146 valence electrons. The zero-order valence-electron chi connectivity index (χ0n) is 16.7. The molecule has 27 heavy (non-hydrogen) atoms. The summed E-state index contributed by atoms with van der Waals surface area (Å²) in [5.74, 6) is -0.127. The number of urea groups is 1. The van der Waals surface area contributed by atoms with Gasteiger partial charge in [0.05, 0.1) is 0 Å². The number of nitrogens with one attached hydrogen (secondary N) is 1. The van der Waals surface area contributed by atoms with Crippen molar-refractivity contribution in [2.45, 2.75) is 59.4 Å². The van der Waals surface area contributed by atoms with E-state index in [4.69, 9.17) is 4.74 Å². The van der Waals surface area contributed by atoms with Crippen LogP contribution in [0, 0.1) is 25.2 Å². The van der Waals surface area contributed by atoms with Crippen molar-refractivity contribution in [1.29, 1.82) is 0 Å². The smallest absolute Gasteiger partial charge is 0.331 e. The average molecular weight is 372 g/mol. The van der Waals surface area contributed by atoms with Crippen molar-refractivity contribution < 1.29 is 19.1 Å². The molecule has 1 aromatic carbocycles. The Kier molecular flexibility index (Phi) is 4.78. The van der Waals surface area contributed by atoms with Crippen LogP contribution in [0.25, 0.3) is 0 Å². The number of nitrogens with zero attached hydrogens (tertiary/aromatic N) is 1. The molecule has 3 amide bonds. The summed E-state index contributed by atoms with van der Waals surface area (Å²) in [7, 11) is 0. The topological polar surface area (TPSA) is 75.7 Å². The summed E-state index contributed by atoms with van der Waals surface area (Å²) in [5.41, 5.74) is 0.715. The van der Waals surface area contributed by atoms with Crippen LogP contribution >= 0.6 is 0 Å². The van der Waals surface area contributed by atoms with Gasteiger partial charge in [-0.05, 0) is 55.6 Å². The maximum atomic E-state index is 13.1. The van der Waals surface area contributed by atoms with Crippen molar-refractivity contribution in [2.24, 2.45) is 11.3 Å². The Hall–Kier alpha value is -2.37. The first-order chi connectivity index (χ1) is 12.5. The summed E-state index contributed by atoms with van der Waals surface area (Å²) in [4.78, 5) is 39.0. The van der Waals surface area contributed by atoms with E-state index in [1.165, 1.54) is 0 Å². The van der Waals surface area contributed by atoms with Crippen molar-refractivity contribution in [3.63, 3.8) is 0 Å². The van der Waals surface area contributed by atoms with Crippen LogP contribution in [0.1, 0.15) is 51.2 Å². The molecule has 0 aromatic heterocycles. The van der Waals surface area contributed by atoms with Gasteiger partial charge in [-0.25, -0.2) is 9.59 Å². The Bertz CT molecular complexity index is 781. The Morgan fingerprint density at radius 1 is 1.22 bits per heavy atom. The minimum absolute atomic E-state index is 0.0462. The SMILES string of the molecule is Cc1cccc(C)c1OC(=O)CN1C(=O)NC2(CC(C)CC(C)(C)C2)C1=O. The van der Waals surface area contributed by atoms with Crippen LogP contribution in [0.3, 0.4) is 0 Å². The highest BCUT2D eigenvalue weighted by molar-refractivity contribution is 6.08. The molecule has 0 radical (unpaired) electrons. The first kappa shape index (κ1) is 19.4. The van der Waals surface area contributed by atoms with Gasteiger partial charge in [0.2, 0.25) is 0 Å². The van der Waals surface area contributed by atoms with Gasteiger partial charge in [-0.1, -0.05) is 39.0 Å². The minimum atomic E-state index is -0.906. The van der Waals surface area contributed by atoms with Gasteiger partial charge in [-0.15, -0.1) is 0 Å². The van der Waals surface area contributed by atoms with E-state index >= 15 is 0 Å². The Balaban J connectivity index is 1.75. The third-order valence-electron chi connectivity index (χ3n) is 5.54. The third kappa shape index (κ3) is 3.70. The molecular formula is C21H28N2O4. The number of benzene rings is 1. The molecule has 2 fully saturated rings. The third-order valence-corrected chi connectivity index (χ3v) is 5.54. The quantitative estimate of drug-likeness (QED) is 0.502. The molecule has 1 spiro atoms. The predicted octanol–water partition coefficient (Wildman–Crippen LogP) is 3.35. The first-order valence-corrected chi connectivity index (χ1v) is 9.44. The van der Waals surface area contributed by atoms with Crippen molar-refractivity contribution in [2.75, 3.05) is 6.54 Å². The van der Waals surface area contributed by atoms with Crippen LogP contribution in [0.4, 0.5) is 4.79 Å². The maximum Gasteiger partial charge on any atom is 0.331 e. The van der Waals surface area contributed by atoms with E-state index in [0.29, 0.717) is 24.5 Å². The molecule has 1 heterocycles. The van der Waals surface area contributed by atoms with E-state index in [0.717, 1.165) is 22.4 Å². The summed E-state index contributed by atoms with van der Waals surface area (Å²) in [6, 6.07) is 5.08. The highest BCUT2D eigenvalue weighted by Gasteiger charge is 2.56. The van der Waals surface area contributed by atoms with Gasteiger partial charge in [0.25, 0.3) is 5.91 Å². The van der Waals surface area contributed by atoms with E-state index in [1.807, 2.05) is 32.0 Å². The number of aryl methyl sites for hydroxylation is 2. The first-order valence-electron chi connectivity index (χ1n) is 9.44. The second-order valence-corrected chi connectivity index (χ2v) is 8.95. The number of hydrogen-bond donors (Lipinski definition) is 1. The van der Waals surface area contributed by atoms with Crippen molar-refractivity contribution >= 4 is 17.9 Å². The lowest BCUT2D eigenvalue weighted by atomic mass is 9.64. The monoisotopic (exact) mass is 372 g/mol. The number of esters is 1. The number of amides is 3. The Morgan fingerprint density at radius 3 is 2.44 bits per heavy atom. The minimum Gasteiger partial charge on any atom is -0.425 e. The number of imide groups is 1. The van der Waals surface area contributed by atoms with Crippen molar-refractivity contribution in [1.82, 2.24) is 10.2 Å². The molecule has 1 aliphatic carbocycles. The highest BCUT2D eigenvalue weighted by Crippen LogP contribution is 2.46. The molecule has 0 bridgehead atoms. The zero-order chi connectivity index (χ0) is 20.0. The number of para-hydroxylation sites is 1. The molecule has 2 aliphatic rings. The Labute approximate surface area is 160 Å². The van der Waals surface area contributed by atoms with Crippen LogP contribution in [-0.2, 0) is 9.59 Å². The predicted molar refractivity (Wildman–Crippen MR) is 101 cm³/mol. The van der Waals surface area contributed by atoms with Crippen molar-refractivity contribution in [3.05, 3.63) is 29.3 Å². The number of hydrogen-bond acceptors (Lipinski definition) is 4. The fourth-order valence-corrected chi connectivity index (χ4v) is 4.88. The van der Waals surface area contributed by atoms with Crippen LogP contribution in [-0.4, -0.2) is 34.9 Å². The van der Waals surface area contributed by atoms with Gasteiger partial charge in [0.15, 0.2) is 0 Å². The van der Waals surface area contributed by atoms with Gasteiger partial charge >= 0.3 is 12.0 Å². The summed E-state index contributed by atoms with van der Waals surface area (Å²) in [5, 5.41) is 2.88. The standard InChI is InChI=1S/C21H28N2O4/c1-13-9-20(4,5)12-21(10-13)18(25)23(19(26)22-21)11-16(24)27-17-14(2)7-6-8-15(17)3/h6-8,13H,9-12H2,1-5H3,(H,22,26). The molecule has 1 saturated heterocycles. The van der Waals surface area contributed by atoms with Crippen molar-refractivity contribution in [3.8, 4) is 5.75 Å². The molecule has 1 saturated carbocycles. The van der Waals surface area contributed by atoms with Gasteiger partial charge in [0.1, 0.15) is 17.8 Å². The fraction of sp³-hybridized carbons (Fsp3) is 0.571. The molecule has 2 unspecified atom stereocenters. The van der Waals surface area contributed by atoms with E-state index in [2.05, 4.69) is 26.1 Å². The molecule has 6 nitrogen and oxygen atoms in total. The van der Waals surface area contributed by atoms with E-state index < -0.39 is 17.5 Å². The largest absolute Gasteiger partial charge is 0.425 e. The summed E-state index contributed by atoms with van der Waals surface area (Å²) in [6.45, 7) is 9.64. The molecular weight excluding hydrogens is 344 g/mol. The second kappa shape index (κ2) is 6.66. The van der Waals surface area contributed by atoms with Crippen LogP contribution in [0.2, 0.25) is 0 Å². The van der Waals surface area contributed by atoms with Gasteiger partial charge in [0, 0.05) is 0 Å². The van der Waals surface area contributed by atoms with E-state index in [9.17, 15) is 14.4 Å². The number of carbonyl (C=O) groups is 3. The second-order valence-electron chi connectivity index (χ2n) is 8.95. The normalized spacial score (nSPS) is 27.0. The van der Waals surface area contributed by atoms with Crippen LogP contribution < -0.4 is 10.1 Å².